The predicted octanol–water partition coefficient (Wildman–Crippen LogP) is 12.5. The highest BCUT2D eigenvalue weighted by Gasteiger charge is 2.20. The summed E-state index contributed by atoms with van der Waals surface area (Å²) in [5.74, 6) is 0. The van der Waals surface area contributed by atoms with Crippen LogP contribution in [0.2, 0.25) is 0 Å². The van der Waals surface area contributed by atoms with Crippen molar-refractivity contribution in [1.82, 2.24) is 4.57 Å². The Morgan fingerprint density at radius 3 is 1.67 bits per heavy atom. The fourth-order valence-electron chi connectivity index (χ4n) is 7.31. The molecule has 238 valence electrons. The molecule has 0 aliphatic heterocycles. The molecule has 2 aromatic heterocycles. The van der Waals surface area contributed by atoms with Gasteiger partial charge in [0.15, 0.2) is 11.4 Å². The summed E-state index contributed by atoms with van der Waals surface area (Å²) in [5, 5.41) is 23.5. The Labute approximate surface area is 298 Å². The highest BCUT2D eigenvalue weighted by atomic mass is 16.3. The third-order valence-corrected chi connectivity index (χ3v) is 9.62. The molecular formula is C46H23N5O. The van der Waals surface area contributed by atoms with E-state index in [1.54, 1.807) is 12.1 Å². The lowest BCUT2D eigenvalue weighted by molar-refractivity contribution is 0.670. The fraction of sp³-hybridized carbons (Fsp3) is 0. The normalized spacial score (nSPS) is 11.0. The van der Waals surface area contributed by atoms with Gasteiger partial charge in [-0.25, -0.2) is 9.69 Å². The van der Waals surface area contributed by atoms with E-state index < -0.39 is 0 Å². The fourth-order valence-corrected chi connectivity index (χ4v) is 7.31. The molecule has 0 radical (unpaired) electrons. The molecule has 0 aliphatic rings. The molecule has 0 unspecified atom stereocenters. The van der Waals surface area contributed by atoms with Crippen LogP contribution in [0.5, 0.6) is 0 Å². The molecule has 0 amide bonds. The minimum atomic E-state index is 0.403. The van der Waals surface area contributed by atoms with Gasteiger partial charge < -0.3 is 8.98 Å². The summed E-state index contributed by atoms with van der Waals surface area (Å²) in [7, 11) is 0. The van der Waals surface area contributed by atoms with Crippen LogP contribution < -0.4 is 0 Å². The van der Waals surface area contributed by atoms with E-state index in [0.29, 0.717) is 22.5 Å². The molecule has 9 rings (SSSR count). The summed E-state index contributed by atoms with van der Waals surface area (Å²) in [4.78, 5) is 7.22. The van der Waals surface area contributed by atoms with E-state index >= 15 is 0 Å². The predicted molar refractivity (Wildman–Crippen MR) is 206 cm³/mol. The van der Waals surface area contributed by atoms with Gasteiger partial charge in [-0.1, -0.05) is 66.7 Å². The van der Waals surface area contributed by atoms with Crippen molar-refractivity contribution in [3.63, 3.8) is 0 Å². The van der Waals surface area contributed by atoms with E-state index in [0.717, 1.165) is 82.8 Å². The van der Waals surface area contributed by atoms with E-state index in [4.69, 9.17) is 17.6 Å². The molecule has 2 heterocycles. The van der Waals surface area contributed by atoms with Gasteiger partial charge >= 0.3 is 0 Å². The van der Waals surface area contributed by atoms with Gasteiger partial charge in [0.2, 0.25) is 0 Å². The zero-order valence-corrected chi connectivity index (χ0v) is 27.4. The number of fused-ring (bicyclic) bond motifs is 6. The van der Waals surface area contributed by atoms with Crippen molar-refractivity contribution < 1.29 is 4.42 Å². The Bertz CT molecular complexity index is 2940. The number of furan rings is 1. The number of para-hydroxylation sites is 3. The number of aromatic nitrogens is 1. The molecule has 7 aromatic carbocycles. The Morgan fingerprint density at radius 1 is 0.500 bits per heavy atom. The maximum absolute atomic E-state index is 9.71. The van der Waals surface area contributed by atoms with Crippen LogP contribution in [0.15, 0.2) is 144 Å². The van der Waals surface area contributed by atoms with Gasteiger partial charge in [-0.2, -0.15) is 10.5 Å². The maximum atomic E-state index is 9.71. The first-order valence-electron chi connectivity index (χ1n) is 16.5. The summed E-state index contributed by atoms with van der Waals surface area (Å²) in [6.07, 6.45) is 0. The molecule has 6 heteroatoms. The van der Waals surface area contributed by atoms with Crippen LogP contribution in [-0.4, -0.2) is 4.57 Å². The number of nitrogens with zero attached hydrogens (tertiary/aromatic N) is 5. The standard InChI is InChI=1S/C46H23N5O/c1-49-34-20-28(26-47)18-32(22-34)30-14-16-43-40(24-30)41-25-31(33-19-29(27-48)21-35(23-33)50-2)15-17-44(41)51(43)42-12-5-3-8-36(42)38-10-7-11-39-37-9-4-6-13-45(37)52-46(38)39/h3-25H. The van der Waals surface area contributed by atoms with E-state index in [1.165, 1.54) is 0 Å². The summed E-state index contributed by atoms with van der Waals surface area (Å²) in [6, 6.07) is 49.9. The molecule has 0 spiro atoms. The molecule has 0 saturated heterocycles. The second-order valence-corrected chi connectivity index (χ2v) is 12.6. The topological polar surface area (TPSA) is 74.4 Å². The average molecular weight is 662 g/mol. The van der Waals surface area contributed by atoms with Crippen LogP contribution in [0.1, 0.15) is 11.1 Å². The quantitative estimate of drug-likeness (QED) is 0.176. The van der Waals surface area contributed by atoms with Gasteiger partial charge in [0.25, 0.3) is 0 Å². The Morgan fingerprint density at radius 2 is 1.06 bits per heavy atom. The summed E-state index contributed by atoms with van der Waals surface area (Å²) >= 11 is 0. The molecule has 0 aliphatic carbocycles. The van der Waals surface area contributed by atoms with Gasteiger partial charge in [0.05, 0.1) is 42.0 Å². The molecule has 0 atom stereocenters. The Hall–Kier alpha value is -7.90. The largest absolute Gasteiger partial charge is 0.455 e. The first-order chi connectivity index (χ1) is 25.6. The lowest BCUT2D eigenvalue weighted by Gasteiger charge is -2.15. The highest BCUT2D eigenvalue weighted by Crippen LogP contribution is 2.43. The van der Waals surface area contributed by atoms with E-state index in [-0.39, 0.29) is 0 Å². The second kappa shape index (κ2) is 11.9. The molecule has 0 saturated carbocycles. The highest BCUT2D eigenvalue weighted by molar-refractivity contribution is 6.13. The van der Waals surface area contributed by atoms with Gasteiger partial charge in [-0.05, 0) is 95.1 Å². The SMILES string of the molecule is [C-]#[N+]c1cc(C#N)cc(-c2ccc3c(c2)c2cc(-c4cc(C#N)cc([N+]#[C-])c4)ccc2n3-c2ccccc2-c2cccc3c2oc2ccccc23)c1. The van der Waals surface area contributed by atoms with Gasteiger partial charge in [0, 0.05) is 43.8 Å². The molecule has 0 fully saturated rings. The minimum Gasteiger partial charge on any atom is -0.455 e. The first-order valence-corrected chi connectivity index (χ1v) is 16.5. The zero-order chi connectivity index (χ0) is 35.3. The van der Waals surface area contributed by atoms with Crippen LogP contribution >= 0.6 is 0 Å². The molecule has 9 aromatic rings. The van der Waals surface area contributed by atoms with Crippen molar-refractivity contribution in [3.8, 4) is 51.2 Å². The maximum Gasteiger partial charge on any atom is 0.189 e. The first kappa shape index (κ1) is 30.2. The number of hydrogen-bond acceptors (Lipinski definition) is 3. The molecule has 6 nitrogen and oxygen atoms in total. The number of hydrogen-bond donors (Lipinski definition) is 0. The Balaban J connectivity index is 1.34. The van der Waals surface area contributed by atoms with Crippen molar-refractivity contribution in [2.24, 2.45) is 0 Å². The van der Waals surface area contributed by atoms with E-state index in [1.807, 2.05) is 66.7 Å². The Kier molecular flexibility index (Phi) is 6.91. The van der Waals surface area contributed by atoms with Crippen molar-refractivity contribution in [2.45, 2.75) is 0 Å². The zero-order valence-electron chi connectivity index (χ0n) is 27.4. The molecular weight excluding hydrogens is 639 g/mol. The van der Waals surface area contributed by atoms with Gasteiger partial charge in [-0.15, -0.1) is 0 Å². The number of rotatable bonds is 4. The summed E-state index contributed by atoms with van der Waals surface area (Å²) in [6.45, 7) is 15.2. The van der Waals surface area contributed by atoms with Crippen LogP contribution in [-0.2, 0) is 0 Å². The summed E-state index contributed by atoms with van der Waals surface area (Å²) in [5.41, 5.74) is 11.5. The summed E-state index contributed by atoms with van der Waals surface area (Å²) < 4.78 is 8.76. The molecule has 0 bridgehead atoms. The van der Waals surface area contributed by atoms with Crippen molar-refractivity contribution in [2.75, 3.05) is 0 Å². The lowest BCUT2D eigenvalue weighted by Crippen LogP contribution is -1.97. The third kappa shape index (κ3) is 4.77. The number of benzene rings is 7. The minimum absolute atomic E-state index is 0.403. The van der Waals surface area contributed by atoms with Crippen molar-refractivity contribution >= 4 is 55.1 Å². The van der Waals surface area contributed by atoms with Crippen LogP contribution in [0, 0.1) is 35.8 Å². The van der Waals surface area contributed by atoms with Crippen LogP contribution in [0.25, 0.3) is 92.5 Å². The smallest absolute Gasteiger partial charge is 0.189 e. The van der Waals surface area contributed by atoms with Gasteiger partial charge in [0.1, 0.15) is 11.2 Å². The number of nitriles is 2. The second-order valence-electron chi connectivity index (χ2n) is 12.6. The van der Waals surface area contributed by atoms with E-state index in [9.17, 15) is 10.5 Å². The van der Waals surface area contributed by atoms with Crippen LogP contribution in [0.3, 0.4) is 0 Å². The van der Waals surface area contributed by atoms with Crippen LogP contribution in [0.4, 0.5) is 11.4 Å². The third-order valence-electron chi connectivity index (χ3n) is 9.62. The molecule has 52 heavy (non-hydrogen) atoms. The monoisotopic (exact) mass is 661 g/mol. The van der Waals surface area contributed by atoms with Gasteiger partial charge in [-0.3, -0.25) is 0 Å². The molecule has 0 N–H and O–H groups in total. The average Bonchev–Trinajstić information content (AvgIpc) is 3.75. The van der Waals surface area contributed by atoms with Crippen molar-refractivity contribution in [3.05, 3.63) is 173 Å². The lowest BCUT2D eigenvalue weighted by atomic mass is 9.98. The van der Waals surface area contributed by atoms with Crippen molar-refractivity contribution in [1.29, 1.82) is 10.5 Å². The van der Waals surface area contributed by atoms with E-state index in [2.05, 4.69) is 87.1 Å².